The fraction of sp³-hybridized carbons (Fsp3) is 0.611. The van der Waals surface area contributed by atoms with Gasteiger partial charge in [-0.1, -0.05) is 6.07 Å². The highest BCUT2D eigenvalue weighted by molar-refractivity contribution is 7.87. The van der Waals surface area contributed by atoms with Crippen molar-refractivity contribution < 1.29 is 22.7 Å². The summed E-state index contributed by atoms with van der Waals surface area (Å²) in [5.41, 5.74) is 0.727. The summed E-state index contributed by atoms with van der Waals surface area (Å²) in [6.07, 6.45) is 0.344. The molecule has 0 aromatic heterocycles. The van der Waals surface area contributed by atoms with Crippen molar-refractivity contribution >= 4 is 16.1 Å². The Balaban J connectivity index is 1.86. The van der Waals surface area contributed by atoms with Gasteiger partial charge in [0.05, 0.1) is 20.3 Å². The second-order valence-electron chi connectivity index (χ2n) is 7.19. The molecule has 1 N–H and O–H groups in total. The number of carbonyl (C=O) groups excluding carboxylic acids is 1. The fourth-order valence-electron chi connectivity index (χ4n) is 3.62. The Hall–Kier alpha value is -1.88. The number of likely N-dealkylation sites (N-methyl/N-ethyl adjacent to an activating group) is 2. The molecule has 3 rings (SSSR count). The molecule has 0 spiro atoms. The van der Waals surface area contributed by atoms with Crippen LogP contribution < -0.4 is 14.2 Å². The Morgan fingerprint density at radius 1 is 1.07 bits per heavy atom. The molecule has 156 valence electrons. The highest BCUT2D eigenvalue weighted by atomic mass is 32.2. The highest BCUT2D eigenvalue weighted by Gasteiger charge is 2.42. The second-order valence-corrected chi connectivity index (χ2v) is 8.95. The van der Waals surface area contributed by atoms with Crippen molar-refractivity contribution in [3.05, 3.63) is 23.8 Å². The molecule has 0 aliphatic carbocycles. The predicted molar refractivity (Wildman–Crippen MR) is 105 cm³/mol. The lowest BCUT2D eigenvalue weighted by atomic mass is 9.98. The van der Waals surface area contributed by atoms with E-state index in [9.17, 15) is 13.2 Å². The van der Waals surface area contributed by atoms with Crippen LogP contribution in [0.25, 0.3) is 0 Å². The van der Waals surface area contributed by atoms with Crippen LogP contribution in [0.4, 0.5) is 0 Å². The van der Waals surface area contributed by atoms with Crippen LogP contribution >= 0.6 is 0 Å². The first-order valence-corrected chi connectivity index (χ1v) is 10.7. The van der Waals surface area contributed by atoms with Crippen LogP contribution in [-0.2, 0) is 15.0 Å². The van der Waals surface area contributed by atoms with E-state index in [4.69, 9.17) is 9.47 Å². The van der Waals surface area contributed by atoms with Gasteiger partial charge in [-0.3, -0.25) is 4.79 Å². The van der Waals surface area contributed by atoms with E-state index in [-0.39, 0.29) is 5.91 Å². The molecule has 2 aliphatic heterocycles. The van der Waals surface area contributed by atoms with Crippen molar-refractivity contribution in [2.24, 2.45) is 0 Å². The number of amides is 1. The summed E-state index contributed by atoms with van der Waals surface area (Å²) in [7, 11) is 2.75. The number of carbonyl (C=O) groups is 1. The first-order valence-electron chi connectivity index (χ1n) is 9.21. The van der Waals surface area contributed by atoms with Crippen molar-refractivity contribution in [3.63, 3.8) is 0 Å². The van der Waals surface area contributed by atoms with Crippen molar-refractivity contribution in [2.75, 3.05) is 54.5 Å². The third-order valence-electron chi connectivity index (χ3n) is 5.48. The molecule has 1 aromatic rings. The van der Waals surface area contributed by atoms with E-state index in [1.807, 2.05) is 7.05 Å². The second kappa shape index (κ2) is 8.24. The van der Waals surface area contributed by atoms with Gasteiger partial charge < -0.3 is 19.3 Å². The number of ether oxygens (including phenoxy) is 2. The number of hydrogen-bond acceptors (Lipinski definition) is 6. The Bertz CT molecular complexity index is 823. The van der Waals surface area contributed by atoms with Gasteiger partial charge in [0, 0.05) is 33.2 Å². The maximum absolute atomic E-state index is 13.1. The molecule has 28 heavy (non-hydrogen) atoms. The summed E-state index contributed by atoms with van der Waals surface area (Å²) < 4.78 is 39.7. The number of nitrogens with zero attached hydrogens (tertiary/aromatic N) is 3. The van der Waals surface area contributed by atoms with Gasteiger partial charge in [-0.15, -0.1) is 0 Å². The Morgan fingerprint density at radius 2 is 1.71 bits per heavy atom. The van der Waals surface area contributed by atoms with Crippen molar-refractivity contribution in [1.82, 2.24) is 18.8 Å². The molecule has 2 atom stereocenters. The van der Waals surface area contributed by atoms with Crippen LogP contribution in [0, 0.1) is 0 Å². The van der Waals surface area contributed by atoms with Crippen LogP contribution in [0.2, 0.25) is 0 Å². The number of hydrogen-bond donors (Lipinski definition) is 1. The van der Waals surface area contributed by atoms with Crippen LogP contribution in [0.1, 0.15) is 18.0 Å². The van der Waals surface area contributed by atoms with Gasteiger partial charge in [-0.05, 0) is 31.2 Å². The van der Waals surface area contributed by atoms with Crippen LogP contribution in [0.3, 0.4) is 0 Å². The molecule has 2 fully saturated rings. The van der Waals surface area contributed by atoms with Crippen molar-refractivity contribution in [3.8, 4) is 11.5 Å². The molecule has 1 aromatic carbocycles. The number of methoxy groups -OCH3 is 2. The molecule has 0 saturated carbocycles. The van der Waals surface area contributed by atoms with Gasteiger partial charge >= 0.3 is 0 Å². The standard InChI is InChI=1S/C18H28N4O5S/c1-20-7-9-22(10-8-20)18(23)15-12-14(19-28(24,25)21(15)2)13-5-6-16(26-3)17(11-13)27-4/h5-6,11,14-15,19H,7-10,12H2,1-4H3/t14-,15+/m0/s1. The number of benzene rings is 1. The van der Waals surface area contributed by atoms with E-state index in [2.05, 4.69) is 9.62 Å². The maximum atomic E-state index is 13.1. The predicted octanol–water partition coefficient (Wildman–Crippen LogP) is 0.0574. The lowest BCUT2D eigenvalue weighted by Gasteiger charge is -2.40. The zero-order chi connectivity index (χ0) is 20.5. The molecule has 0 bridgehead atoms. The number of rotatable bonds is 4. The van der Waals surface area contributed by atoms with E-state index in [0.717, 1.165) is 23.0 Å². The van der Waals surface area contributed by atoms with Crippen LogP contribution in [0.5, 0.6) is 11.5 Å². The molecule has 0 radical (unpaired) electrons. The Morgan fingerprint density at radius 3 is 2.32 bits per heavy atom. The lowest BCUT2D eigenvalue weighted by Crippen LogP contribution is -2.59. The molecule has 2 aliphatic rings. The number of nitrogens with one attached hydrogen (secondary N) is 1. The molecule has 1 amide bonds. The van der Waals surface area contributed by atoms with E-state index in [1.165, 1.54) is 14.2 Å². The summed E-state index contributed by atoms with van der Waals surface area (Å²) in [6.45, 7) is 2.78. The van der Waals surface area contributed by atoms with Gasteiger partial charge in [0.15, 0.2) is 11.5 Å². The lowest BCUT2D eigenvalue weighted by molar-refractivity contribution is -0.137. The zero-order valence-electron chi connectivity index (χ0n) is 16.7. The largest absolute Gasteiger partial charge is 0.493 e. The van der Waals surface area contributed by atoms with Gasteiger partial charge in [0.25, 0.3) is 10.2 Å². The summed E-state index contributed by atoms with van der Waals surface area (Å²) in [5.74, 6) is 0.929. The van der Waals surface area contributed by atoms with Crippen molar-refractivity contribution in [1.29, 1.82) is 0 Å². The van der Waals surface area contributed by atoms with Gasteiger partial charge in [0.2, 0.25) is 5.91 Å². The van der Waals surface area contributed by atoms with Crippen LogP contribution in [-0.4, -0.2) is 89.0 Å². The van der Waals surface area contributed by atoms with E-state index in [0.29, 0.717) is 31.0 Å². The van der Waals surface area contributed by atoms with Crippen molar-refractivity contribution in [2.45, 2.75) is 18.5 Å². The molecule has 2 saturated heterocycles. The molecule has 0 unspecified atom stereocenters. The topological polar surface area (TPSA) is 91.4 Å². The molecular formula is C18H28N4O5S. The van der Waals surface area contributed by atoms with E-state index < -0.39 is 22.3 Å². The Labute approximate surface area is 166 Å². The molecule has 10 heteroatoms. The van der Waals surface area contributed by atoms with E-state index >= 15 is 0 Å². The quantitative estimate of drug-likeness (QED) is 0.752. The average Bonchev–Trinajstić information content (AvgIpc) is 2.69. The minimum Gasteiger partial charge on any atom is -0.493 e. The minimum absolute atomic E-state index is 0.147. The fourth-order valence-corrected chi connectivity index (χ4v) is 4.89. The van der Waals surface area contributed by atoms with Gasteiger partial charge in [0.1, 0.15) is 6.04 Å². The van der Waals surface area contributed by atoms with Gasteiger partial charge in [-0.25, -0.2) is 0 Å². The summed E-state index contributed by atoms with van der Waals surface area (Å²) in [4.78, 5) is 17.0. The summed E-state index contributed by atoms with van der Waals surface area (Å²) in [6, 6.07) is 4.00. The van der Waals surface area contributed by atoms with E-state index in [1.54, 1.807) is 30.2 Å². The summed E-state index contributed by atoms with van der Waals surface area (Å²) in [5, 5.41) is 0. The SMILES string of the molecule is COc1ccc([C@@H]2C[C@H](C(=O)N3CCN(C)CC3)N(C)S(=O)(=O)N2)cc1OC. The highest BCUT2D eigenvalue weighted by Crippen LogP contribution is 2.34. The third kappa shape index (κ3) is 4.09. The average molecular weight is 413 g/mol. The molecule has 2 heterocycles. The Kier molecular flexibility index (Phi) is 6.13. The normalized spacial score (nSPS) is 26.1. The first kappa shape index (κ1) is 20.8. The third-order valence-corrected chi connectivity index (χ3v) is 7.07. The van der Waals surface area contributed by atoms with Gasteiger partial charge in [-0.2, -0.15) is 17.4 Å². The maximum Gasteiger partial charge on any atom is 0.280 e. The first-order chi connectivity index (χ1) is 13.3. The number of piperazine rings is 1. The van der Waals surface area contributed by atoms with Crippen LogP contribution in [0.15, 0.2) is 18.2 Å². The minimum atomic E-state index is -3.78. The zero-order valence-corrected chi connectivity index (χ0v) is 17.5. The molecule has 9 nitrogen and oxygen atoms in total. The molecular weight excluding hydrogens is 384 g/mol. The smallest absolute Gasteiger partial charge is 0.280 e. The summed E-state index contributed by atoms with van der Waals surface area (Å²) >= 11 is 0. The monoisotopic (exact) mass is 412 g/mol.